The minimum Gasteiger partial charge on any atom is -0.369 e. The first-order chi connectivity index (χ1) is 12.4. The zero-order valence-electron chi connectivity index (χ0n) is 14.9. The molecular weight excluding hydrogens is 352 g/mol. The topological polar surface area (TPSA) is 101 Å². The van der Waals surface area contributed by atoms with Crippen molar-refractivity contribution in [2.24, 2.45) is 0 Å². The van der Waals surface area contributed by atoms with Crippen LogP contribution in [-0.2, 0) is 14.6 Å². The maximum absolute atomic E-state index is 12.1. The lowest BCUT2D eigenvalue weighted by Gasteiger charge is -2.22. The Balaban J connectivity index is 1.64. The fourth-order valence-electron chi connectivity index (χ4n) is 3.25. The summed E-state index contributed by atoms with van der Waals surface area (Å²) in [5.41, 5.74) is 0.654. The molecule has 2 N–H and O–H groups in total. The number of fused-ring (bicyclic) bond motifs is 1. The van der Waals surface area contributed by atoms with Crippen LogP contribution in [0.2, 0.25) is 0 Å². The molecule has 0 bridgehead atoms. The first-order valence-electron chi connectivity index (χ1n) is 8.91. The van der Waals surface area contributed by atoms with Gasteiger partial charge in [-0.15, -0.1) is 0 Å². The van der Waals surface area contributed by atoms with E-state index in [9.17, 15) is 13.2 Å². The number of aromatic nitrogens is 2. The number of carbonyl (C=O) groups excluding carboxylic acids is 1. The van der Waals surface area contributed by atoms with Gasteiger partial charge in [0.25, 0.3) is 0 Å². The summed E-state index contributed by atoms with van der Waals surface area (Å²) in [5.74, 6) is 0.561. The number of rotatable bonds is 6. The Morgan fingerprint density at radius 3 is 2.69 bits per heavy atom. The fourth-order valence-corrected chi connectivity index (χ4v) is 3.90. The van der Waals surface area contributed by atoms with E-state index in [1.807, 2.05) is 0 Å². The van der Waals surface area contributed by atoms with E-state index in [1.54, 1.807) is 12.1 Å². The molecule has 1 aromatic carbocycles. The number of nitrogens with one attached hydrogen (secondary N) is 2. The van der Waals surface area contributed by atoms with E-state index >= 15 is 0 Å². The summed E-state index contributed by atoms with van der Waals surface area (Å²) in [6.07, 6.45) is 8.66. The molecule has 1 amide bonds. The third kappa shape index (κ3) is 4.69. The van der Waals surface area contributed by atoms with Gasteiger partial charge in [-0.25, -0.2) is 18.4 Å². The number of hydrogen-bond acceptors (Lipinski definition) is 6. The van der Waals surface area contributed by atoms with Crippen molar-refractivity contribution in [3.05, 3.63) is 24.5 Å². The number of carbonyl (C=O) groups is 1. The van der Waals surface area contributed by atoms with Crippen molar-refractivity contribution in [3.63, 3.8) is 0 Å². The second kappa shape index (κ2) is 7.99. The smallest absolute Gasteiger partial charge is 0.221 e. The van der Waals surface area contributed by atoms with Crippen LogP contribution in [0.1, 0.15) is 38.5 Å². The minimum absolute atomic E-state index is 0.0274. The summed E-state index contributed by atoms with van der Waals surface area (Å²) in [4.78, 5) is 20.7. The van der Waals surface area contributed by atoms with E-state index in [1.165, 1.54) is 37.9 Å². The van der Waals surface area contributed by atoms with Crippen molar-refractivity contribution >= 4 is 32.5 Å². The van der Waals surface area contributed by atoms with Crippen molar-refractivity contribution in [2.75, 3.05) is 18.1 Å². The largest absolute Gasteiger partial charge is 0.369 e. The van der Waals surface area contributed by atoms with Crippen LogP contribution < -0.4 is 10.6 Å². The third-order valence-electron chi connectivity index (χ3n) is 4.65. The van der Waals surface area contributed by atoms with Crippen LogP contribution in [0, 0.1) is 0 Å². The Bertz CT molecular complexity index is 892. The Morgan fingerprint density at radius 1 is 1.19 bits per heavy atom. The van der Waals surface area contributed by atoms with Crippen molar-refractivity contribution in [1.29, 1.82) is 0 Å². The highest BCUT2D eigenvalue weighted by Crippen LogP contribution is 2.23. The average molecular weight is 376 g/mol. The molecule has 0 unspecified atom stereocenters. The third-order valence-corrected chi connectivity index (χ3v) is 5.76. The number of benzene rings is 1. The molecule has 1 aliphatic carbocycles. The molecule has 1 fully saturated rings. The van der Waals surface area contributed by atoms with Crippen LogP contribution in [0.15, 0.2) is 29.4 Å². The van der Waals surface area contributed by atoms with Crippen molar-refractivity contribution in [2.45, 2.75) is 49.5 Å². The van der Waals surface area contributed by atoms with E-state index in [-0.39, 0.29) is 10.8 Å². The molecule has 7 nitrogen and oxygen atoms in total. The van der Waals surface area contributed by atoms with Gasteiger partial charge < -0.3 is 10.6 Å². The summed E-state index contributed by atoms with van der Waals surface area (Å²) in [7, 11) is -3.31. The van der Waals surface area contributed by atoms with Gasteiger partial charge in [-0.05, 0) is 31.0 Å². The predicted octanol–water partition coefficient (Wildman–Crippen LogP) is 2.28. The first-order valence-corrected chi connectivity index (χ1v) is 10.8. The van der Waals surface area contributed by atoms with Gasteiger partial charge in [0.05, 0.1) is 10.4 Å². The number of anilines is 1. The zero-order valence-corrected chi connectivity index (χ0v) is 15.7. The lowest BCUT2D eigenvalue weighted by Crippen LogP contribution is -2.36. The maximum atomic E-state index is 12.1. The highest BCUT2D eigenvalue weighted by molar-refractivity contribution is 7.90. The van der Waals surface area contributed by atoms with Crippen molar-refractivity contribution in [3.8, 4) is 0 Å². The molecule has 26 heavy (non-hydrogen) atoms. The Labute approximate surface area is 153 Å². The van der Waals surface area contributed by atoms with Crippen LogP contribution in [0.25, 0.3) is 10.9 Å². The zero-order chi connectivity index (χ0) is 18.6. The normalized spacial score (nSPS) is 15.7. The molecule has 140 valence electrons. The van der Waals surface area contributed by atoms with Gasteiger partial charge in [-0.1, -0.05) is 19.3 Å². The summed E-state index contributed by atoms with van der Waals surface area (Å²) < 4.78 is 23.5. The highest BCUT2D eigenvalue weighted by atomic mass is 32.2. The number of nitrogens with zero attached hydrogens (tertiary/aromatic N) is 2. The number of amides is 1. The van der Waals surface area contributed by atoms with Gasteiger partial charge >= 0.3 is 0 Å². The van der Waals surface area contributed by atoms with Crippen LogP contribution in [0.5, 0.6) is 0 Å². The Morgan fingerprint density at radius 2 is 1.96 bits per heavy atom. The van der Waals surface area contributed by atoms with Gasteiger partial charge in [0.15, 0.2) is 9.84 Å². The molecule has 0 saturated heterocycles. The fraction of sp³-hybridized carbons (Fsp3) is 0.500. The Kier molecular flexibility index (Phi) is 5.70. The van der Waals surface area contributed by atoms with Crippen LogP contribution in [0.4, 0.5) is 5.82 Å². The van der Waals surface area contributed by atoms with Gasteiger partial charge in [-0.3, -0.25) is 4.79 Å². The molecule has 1 aromatic heterocycles. The predicted molar refractivity (Wildman–Crippen MR) is 101 cm³/mol. The van der Waals surface area contributed by atoms with E-state index in [0.717, 1.165) is 12.8 Å². The molecule has 0 spiro atoms. The molecule has 0 atom stereocenters. The van der Waals surface area contributed by atoms with E-state index < -0.39 is 9.84 Å². The summed E-state index contributed by atoms with van der Waals surface area (Å²) in [5, 5.41) is 6.84. The molecule has 1 heterocycles. The van der Waals surface area contributed by atoms with E-state index in [2.05, 4.69) is 20.6 Å². The van der Waals surface area contributed by atoms with E-state index in [4.69, 9.17) is 0 Å². The standard InChI is InChI=1S/C18H24N4O3S/c1-26(24,25)14-7-8-16-15(11-14)18(21-12-20-16)19-10-9-17(23)22-13-5-3-2-4-6-13/h7-8,11-13H,2-6,9-10H2,1H3,(H,22,23)(H,19,20,21). The minimum atomic E-state index is -3.31. The first kappa shape index (κ1) is 18.6. The van der Waals surface area contributed by atoms with Crippen LogP contribution in [-0.4, -0.2) is 43.1 Å². The summed E-state index contributed by atoms with van der Waals surface area (Å²) >= 11 is 0. The molecule has 0 radical (unpaired) electrons. The second-order valence-electron chi connectivity index (χ2n) is 6.75. The number of hydrogen-bond donors (Lipinski definition) is 2. The second-order valence-corrected chi connectivity index (χ2v) is 8.77. The molecule has 0 aliphatic heterocycles. The van der Waals surface area contributed by atoms with Gasteiger partial charge in [0.1, 0.15) is 12.1 Å². The Hall–Kier alpha value is -2.22. The van der Waals surface area contributed by atoms with E-state index in [0.29, 0.717) is 35.7 Å². The average Bonchev–Trinajstić information content (AvgIpc) is 2.61. The molecule has 8 heteroatoms. The van der Waals surface area contributed by atoms with Crippen LogP contribution in [0.3, 0.4) is 0 Å². The van der Waals surface area contributed by atoms with Crippen molar-refractivity contribution in [1.82, 2.24) is 15.3 Å². The van der Waals surface area contributed by atoms with Gasteiger partial charge in [-0.2, -0.15) is 0 Å². The molecular formula is C18H24N4O3S. The summed E-state index contributed by atoms with van der Waals surface area (Å²) in [6.45, 7) is 0.424. The molecule has 1 aliphatic rings. The van der Waals surface area contributed by atoms with Gasteiger partial charge in [0, 0.05) is 30.6 Å². The molecule has 2 aromatic rings. The van der Waals surface area contributed by atoms with Crippen LogP contribution >= 0.6 is 0 Å². The highest BCUT2D eigenvalue weighted by Gasteiger charge is 2.15. The SMILES string of the molecule is CS(=O)(=O)c1ccc2ncnc(NCCC(=O)NC3CCCCC3)c2c1. The molecule has 3 rings (SSSR count). The quantitative estimate of drug-likeness (QED) is 0.802. The monoisotopic (exact) mass is 376 g/mol. The summed E-state index contributed by atoms with van der Waals surface area (Å²) in [6, 6.07) is 5.06. The lowest BCUT2D eigenvalue weighted by molar-refractivity contribution is -0.121. The van der Waals surface area contributed by atoms with Gasteiger partial charge in [0.2, 0.25) is 5.91 Å². The number of sulfone groups is 1. The molecule has 1 saturated carbocycles. The maximum Gasteiger partial charge on any atom is 0.221 e. The lowest BCUT2D eigenvalue weighted by atomic mass is 9.95. The van der Waals surface area contributed by atoms with Crippen molar-refractivity contribution < 1.29 is 13.2 Å².